The average molecular weight is 262 g/mol. The van der Waals surface area contributed by atoms with Gasteiger partial charge in [0.25, 0.3) is 0 Å². The number of nitrogens with zero attached hydrogens (tertiary/aromatic N) is 1. The molecular formula is C14H18N2OS. The van der Waals surface area contributed by atoms with Gasteiger partial charge in [0.2, 0.25) is 0 Å². The number of aryl methyl sites for hydroxylation is 2. The van der Waals surface area contributed by atoms with Crippen LogP contribution in [0.2, 0.25) is 0 Å². The van der Waals surface area contributed by atoms with Crippen molar-refractivity contribution in [2.45, 2.75) is 26.8 Å². The molecule has 1 N–H and O–H groups in total. The number of ether oxygens (including phenoxy) is 1. The molecule has 1 aromatic heterocycles. The number of hydrogen-bond donors (Lipinski definition) is 1. The lowest BCUT2D eigenvalue weighted by atomic mass is 10.1. The number of nitrogens with one attached hydrogen (secondary N) is 1. The minimum atomic E-state index is 0.269. The molecule has 1 unspecified atom stereocenters. The van der Waals surface area contributed by atoms with Crippen LogP contribution in [0.25, 0.3) is 0 Å². The number of methoxy groups -OCH3 is 1. The monoisotopic (exact) mass is 262 g/mol. The lowest BCUT2D eigenvalue weighted by Gasteiger charge is -2.15. The van der Waals surface area contributed by atoms with E-state index in [1.807, 2.05) is 31.5 Å². The standard InChI is InChI=1S/C14H18N2OS/c1-9-7-12(5-6-13(9)17-4)16-11(3)14-10(2)15-8-18-14/h5-8,11,16H,1-4H3. The molecule has 0 radical (unpaired) electrons. The van der Waals surface area contributed by atoms with Crippen molar-refractivity contribution in [3.8, 4) is 5.75 Å². The first-order valence-electron chi connectivity index (χ1n) is 5.93. The molecule has 0 aliphatic carbocycles. The van der Waals surface area contributed by atoms with Gasteiger partial charge in [0, 0.05) is 10.6 Å². The average Bonchev–Trinajstić information content (AvgIpc) is 2.76. The smallest absolute Gasteiger partial charge is 0.121 e. The maximum atomic E-state index is 5.26. The van der Waals surface area contributed by atoms with E-state index in [9.17, 15) is 0 Å². The Hall–Kier alpha value is -1.55. The van der Waals surface area contributed by atoms with Crippen LogP contribution in [0.4, 0.5) is 5.69 Å². The van der Waals surface area contributed by atoms with E-state index < -0.39 is 0 Å². The highest BCUT2D eigenvalue weighted by Crippen LogP contribution is 2.27. The van der Waals surface area contributed by atoms with Crippen LogP contribution < -0.4 is 10.1 Å². The highest BCUT2D eigenvalue weighted by Gasteiger charge is 2.11. The maximum Gasteiger partial charge on any atom is 0.121 e. The molecule has 3 nitrogen and oxygen atoms in total. The molecule has 1 aromatic carbocycles. The fourth-order valence-corrected chi connectivity index (χ4v) is 2.82. The molecule has 0 spiro atoms. The molecule has 0 saturated heterocycles. The van der Waals surface area contributed by atoms with E-state index in [2.05, 4.69) is 23.3 Å². The second-order valence-electron chi connectivity index (χ2n) is 4.35. The van der Waals surface area contributed by atoms with Gasteiger partial charge >= 0.3 is 0 Å². The largest absolute Gasteiger partial charge is 0.496 e. The number of thiazole rings is 1. The molecule has 96 valence electrons. The van der Waals surface area contributed by atoms with Crippen LogP contribution in [0.5, 0.6) is 5.75 Å². The quantitative estimate of drug-likeness (QED) is 0.906. The minimum absolute atomic E-state index is 0.269. The zero-order valence-corrected chi connectivity index (χ0v) is 12.0. The normalized spacial score (nSPS) is 12.2. The lowest BCUT2D eigenvalue weighted by Crippen LogP contribution is -2.06. The Morgan fingerprint density at radius 1 is 1.33 bits per heavy atom. The van der Waals surface area contributed by atoms with Crippen molar-refractivity contribution in [2.75, 3.05) is 12.4 Å². The summed E-state index contributed by atoms with van der Waals surface area (Å²) in [5.41, 5.74) is 5.23. The number of hydrogen-bond acceptors (Lipinski definition) is 4. The van der Waals surface area contributed by atoms with Crippen molar-refractivity contribution < 1.29 is 4.74 Å². The summed E-state index contributed by atoms with van der Waals surface area (Å²) in [5, 5.41) is 3.49. The first kappa shape index (κ1) is 12.9. The Morgan fingerprint density at radius 2 is 2.11 bits per heavy atom. The zero-order chi connectivity index (χ0) is 13.1. The fourth-order valence-electron chi connectivity index (χ4n) is 2.01. The van der Waals surface area contributed by atoms with Gasteiger partial charge in [-0.3, -0.25) is 0 Å². The third-order valence-corrected chi connectivity index (χ3v) is 4.07. The molecule has 0 fully saturated rings. The summed E-state index contributed by atoms with van der Waals surface area (Å²) >= 11 is 1.69. The summed E-state index contributed by atoms with van der Waals surface area (Å²) < 4.78 is 5.26. The summed E-state index contributed by atoms with van der Waals surface area (Å²) in [6, 6.07) is 6.40. The second kappa shape index (κ2) is 5.40. The van der Waals surface area contributed by atoms with Crippen molar-refractivity contribution in [1.82, 2.24) is 4.98 Å². The number of anilines is 1. The second-order valence-corrected chi connectivity index (χ2v) is 5.24. The molecule has 2 aromatic rings. The van der Waals surface area contributed by atoms with Crippen molar-refractivity contribution >= 4 is 17.0 Å². The molecular weight excluding hydrogens is 244 g/mol. The molecule has 2 rings (SSSR count). The molecule has 0 amide bonds. The van der Waals surface area contributed by atoms with Crippen LogP contribution in [0.1, 0.15) is 29.1 Å². The van der Waals surface area contributed by atoms with Crippen LogP contribution >= 0.6 is 11.3 Å². The summed E-state index contributed by atoms with van der Waals surface area (Å²) in [4.78, 5) is 5.56. The highest BCUT2D eigenvalue weighted by molar-refractivity contribution is 7.09. The fraction of sp³-hybridized carbons (Fsp3) is 0.357. The number of aromatic nitrogens is 1. The lowest BCUT2D eigenvalue weighted by molar-refractivity contribution is 0.412. The van der Waals surface area contributed by atoms with E-state index >= 15 is 0 Å². The van der Waals surface area contributed by atoms with Gasteiger partial charge in [-0.25, -0.2) is 4.98 Å². The van der Waals surface area contributed by atoms with Gasteiger partial charge in [-0.2, -0.15) is 0 Å². The Balaban J connectivity index is 2.15. The zero-order valence-electron chi connectivity index (χ0n) is 11.2. The molecule has 0 aliphatic rings. The van der Waals surface area contributed by atoms with Crippen molar-refractivity contribution in [3.63, 3.8) is 0 Å². The molecule has 18 heavy (non-hydrogen) atoms. The molecule has 1 atom stereocenters. The van der Waals surface area contributed by atoms with E-state index in [1.165, 1.54) is 4.88 Å². The predicted octanol–water partition coefficient (Wildman–Crippen LogP) is 3.94. The minimum Gasteiger partial charge on any atom is -0.496 e. The van der Waals surface area contributed by atoms with E-state index in [0.717, 1.165) is 22.7 Å². The molecule has 0 bridgehead atoms. The Morgan fingerprint density at radius 3 is 2.67 bits per heavy atom. The molecule has 4 heteroatoms. The van der Waals surface area contributed by atoms with Crippen LogP contribution in [0.3, 0.4) is 0 Å². The summed E-state index contributed by atoms with van der Waals surface area (Å²) in [7, 11) is 1.69. The summed E-state index contributed by atoms with van der Waals surface area (Å²) in [5.74, 6) is 0.919. The van der Waals surface area contributed by atoms with Crippen LogP contribution in [0, 0.1) is 13.8 Å². The third kappa shape index (κ3) is 2.64. The Labute approximate surface area is 112 Å². The molecule has 0 aliphatic heterocycles. The van der Waals surface area contributed by atoms with E-state index in [0.29, 0.717) is 0 Å². The van der Waals surface area contributed by atoms with Gasteiger partial charge in [0.05, 0.1) is 24.4 Å². The van der Waals surface area contributed by atoms with Gasteiger partial charge in [0.15, 0.2) is 0 Å². The van der Waals surface area contributed by atoms with E-state index in [4.69, 9.17) is 4.74 Å². The highest BCUT2D eigenvalue weighted by atomic mass is 32.1. The molecule has 0 saturated carbocycles. The SMILES string of the molecule is COc1ccc(NC(C)c2scnc2C)cc1C. The van der Waals surface area contributed by atoms with Crippen molar-refractivity contribution in [3.05, 3.63) is 39.8 Å². The first-order chi connectivity index (χ1) is 8.61. The van der Waals surface area contributed by atoms with Gasteiger partial charge < -0.3 is 10.1 Å². The van der Waals surface area contributed by atoms with Crippen LogP contribution in [0.15, 0.2) is 23.7 Å². The van der Waals surface area contributed by atoms with E-state index in [1.54, 1.807) is 18.4 Å². The summed E-state index contributed by atoms with van der Waals surface area (Å²) in [6.07, 6.45) is 0. The van der Waals surface area contributed by atoms with Gasteiger partial charge in [-0.1, -0.05) is 0 Å². The Kier molecular flexibility index (Phi) is 3.87. The van der Waals surface area contributed by atoms with Crippen molar-refractivity contribution in [1.29, 1.82) is 0 Å². The molecule has 1 heterocycles. The van der Waals surface area contributed by atoms with Gasteiger partial charge in [-0.15, -0.1) is 11.3 Å². The number of rotatable bonds is 4. The van der Waals surface area contributed by atoms with Crippen LogP contribution in [-0.4, -0.2) is 12.1 Å². The van der Waals surface area contributed by atoms with E-state index in [-0.39, 0.29) is 6.04 Å². The maximum absolute atomic E-state index is 5.26. The summed E-state index contributed by atoms with van der Waals surface area (Å²) in [6.45, 7) is 6.25. The van der Waals surface area contributed by atoms with Gasteiger partial charge in [-0.05, 0) is 44.5 Å². The van der Waals surface area contributed by atoms with Crippen LogP contribution in [-0.2, 0) is 0 Å². The third-order valence-electron chi connectivity index (χ3n) is 2.95. The number of benzene rings is 1. The van der Waals surface area contributed by atoms with Gasteiger partial charge in [0.1, 0.15) is 5.75 Å². The van der Waals surface area contributed by atoms with Crippen molar-refractivity contribution in [2.24, 2.45) is 0 Å². The predicted molar refractivity (Wildman–Crippen MR) is 76.6 cm³/mol. The Bertz CT molecular complexity index is 536. The topological polar surface area (TPSA) is 34.1 Å². The first-order valence-corrected chi connectivity index (χ1v) is 6.81.